The van der Waals surface area contributed by atoms with E-state index in [-0.39, 0.29) is 16.1 Å². The maximum atomic E-state index is 11.1. The first-order chi connectivity index (χ1) is 7.26. The van der Waals surface area contributed by atoms with Crippen LogP contribution in [0.1, 0.15) is 29.8 Å². The van der Waals surface area contributed by atoms with Crippen LogP contribution in [-0.2, 0) is 10.2 Å². The topological polar surface area (TPSA) is 74.6 Å². The summed E-state index contributed by atoms with van der Waals surface area (Å²) in [6, 6.07) is 4.16. The summed E-state index contributed by atoms with van der Waals surface area (Å²) in [5.74, 6) is -2.27. The molecule has 0 aromatic heterocycles. The molecule has 0 saturated heterocycles. The van der Waals surface area contributed by atoms with E-state index in [0.29, 0.717) is 0 Å². The van der Waals surface area contributed by atoms with E-state index >= 15 is 0 Å². The molecule has 0 aliphatic carbocycles. The summed E-state index contributed by atoms with van der Waals surface area (Å²) < 4.78 is 0. The zero-order valence-electron chi connectivity index (χ0n) is 8.82. The van der Waals surface area contributed by atoms with Gasteiger partial charge in [-0.1, -0.05) is 17.7 Å². The fourth-order valence-electron chi connectivity index (χ4n) is 1.35. The van der Waals surface area contributed by atoms with Crippen LogP contribution in [0.5, 0.6) is 0 Å². The van der Waals surface area contributed by atoms with Gasteiger partial charge in [-0.2, -0.15) is 0 Å². The lowest BCUT2D eigenvalue weighted by Gasteiger charge is -2.21. The largest absolute Gasteiger partial charge is 0.481 e. The third-order valence-electron chi connectivity index (χ3n) is 2.42. The molecule has 1 rings (SSSR count). The van der Waals surface area contributed by atoms with Gasteiger partial charge in [0.05, 0.1) is 11.0 Å². The summed E-state index contributed by atoms with van der Waals surface area (Å²) in [7, 11) is 0. The summed E-state index contributed by atoms with van der Waals surface area (Å²) in [6.45, 7) is 2.90. The van der Waals surface area contributed by atoms with Crippen molar-refractivity contribution in [3.63, 3.8) is 0 Å². The van der Waals surface area contributed by atoms with Crippen LogP contribution in [0, 0.1) is 0 Å². The number of halogens is 1. The minimum absolute atomic E-state index is 0.0834. The van der Waals surface area contributed by atoms with E-state index in [1.807, 2.05) is 0 Å². The molecule has 4 nitrogen and oxygen atoms in total. The Morgan fingerprint density at radius 1 is 1.25 bits per heavy atom. The van der Waals surface area contributed by atoms with Gasteiger partial charge in [0, 0.05) is 5.02 Å². The van der Waals surface area contributed by atoms with Crippen molar-refractivity contribution in [2.24, 2.45) is 0 Å². The SMILES string of the molecule is CC(C)(C(=O)O)c1ccc(Cl)cc1C(=O)O. The van der Waals surface area contributed by atoms with Gasteiger partial charge in [-0.15, -0.1) is 0 Å². The number of aromatic carboxylic acids is 1. The van der Waals surface area contributed by atoms with Gasteiger partial charge in [0.25, 0.3) is 0 Å². The second kappa shape index (κ2) is 4.14. The van der Waals surface area contributed by atoms with Gasteiger partial charge in [0.15, 0.2) is 0 Å². The summed E-state index contributed by atoms with van der Waals surface area (Å²) in [6.07, 6.45) is 0. The van der Waals surface area contributed by atoms with Crippen LogP contribution in [-0.4, -0.2) is 22.2 Å². The number of hydrogen-bond donors (Lipinski definition) is 2. The Balaban J connectivity index is 3.45. The normalized spacial score (nSPS) is 11.2. The zero-order chi connectivity index (χ0) is 12.5. The third kappa shape index (κ3) is 2.17. The third-order valence-corrected chi connectivity index (χ3v) is 2.66. The van der Waals surface area contributed by atoms with Crippen LogP contribution >= 0.6 is 11.6 Å². The quantitative estimate of drug-likeness (QED) is 0.854. The molecule has 0 atom stereocenters. The van der Waals surface area contributed by atoms with Gasteiger partial charge in [0.1, 0.15) is 0 Å². The fraction of sp³-hybridized carbons (Fsp3) is 0.273. The minimum Gasteiger partial charge on any atom is -0.481 e. The first-order valence-electron chi connectivity index (χ1n) is 4.53. The lowest BCUT2D eigenvalue weighted by Crippen LogP contribution is -2.30. The number of aliphatic carboxylic acids is 1. The highest BCUT2D eigenvalue weighted by molar-refractivity contribution is 6.31. The van der Waals surface area contributed by atoms with Crippen molar-refractivity contribution in [3.05, 3.63) is 34.3 Å². The molecule has 0 unspecified atom stereocenters. The zero-order valence-corrected chi connectivity index (χ0v) is 9.58. The fourth-order valence-corrected chi connectivity index (χ4v) is 1.53. The highest BCUT2D eigenvalue weighted by Gasteiger charge is 2.33. The van der Waals surface area contributed by atoms with Gasteiger partial charge >= 0.3 is 11.9 Å². The van der Waals surface area contributed by atoms with Crippen molar-refractivity contribution < 1.29 is 19.8 Å². The highest BCUT2D eigenvalue weighted by atomic mass is 35.5. The Labute approximate surface area is 97.5 Å². The van der Waals surface area contributed by atoms with E-state index < -0.39 is 17.4 Å². The van der Waals surface area contributed by atoms with Crippen LogP contribution in [0.15, 0.2) is 18.2 Å². The first-order valence-corrected chi connectivity index (χ1v) is 4.91. The Bertz CT molecular complexity index is 451. The summed E-state index contributed by atoms with van der Waals surface area (Å²) in [5, 5.41) is 18.3. The molecule has 0 aliphatic rings. The summed E-state index contributed by atoms with van der Waals surface area (Å²) >= 11 is 5.68. The lowest BCUT2D eigenvalue weighted by molar-refractivity contribution is -0.142. The standard InChI is InChI=1S/C11H11ClO4/c1-11(2,10(15)16)8-4-3-6(12)5-7(8)9(13)14/h3-5H,1-2H3,(H,13,14)(H,15,16). The number of carboxylic acid groups (broad SMARTS) is 2. The van der Waals surface area contributed by atoms with Crippen molar-refractivity contribution in [3.8, 4) is 0 Å². The van der Waals surface area contributed by atoms with E-state index in [4.69, 9.17) is 21.8 Å². The molecular formula is C11H11ClO4. The van der Waals surface area contributed by atoms with Crippen LogP contribution in [0.2, 0.25) is 5.02 Å². The van der Waals surface area contributed by atoms with Gasteiger partial charge in [-0.05, 0) is 31.5 Å². The molecular weight excluding hydrogens is 232 g/mol. The molecule has 2 N–H and O–H groups in total. The van der Waals surface area contributed by atoms with E-state index in [9.17, 15) is 9.59 Å². The number of benzene rings is 1. The van der Waals surface area contributed by atoms with Crippen molar-refractivity contribution in [2.75, 3.05) is 0 Å². The predicted octanol–water partition coefficient (Wildman–Crippen LogP) is 2.40. The molecule has 0 bridgehead atoms. The van der Waals surface area contributed by atoms with Crippen LogP contribution in [0.3, 0.4) is 0 Å². The Morgan fingerprint density at radius 3 is 2.25 bits per heavy atom. The number of rotatable bonds is 3. The molecule has 0 radical (unpaired) electrons. The summed E-state index contributed by atoms with van der Waals surface area (Å²) in [5.41, 5.74) is -1.12. The van der Waals surface area contributed by atoms with E-state index in [2.05, 4.69) is 0 Å². The molecule has 5 heteroatoms. The van der Waals surface area contributed by atoms with Crippen LogP contribution < -0.4 is 0 Å². The highest BCUT2D eigenvalue weighted by Crippen LogP contribution is 2.29. The van der Waals surface area contributed by atoms with Gasteiger partial charge < -0.3 is 10.2 Å². The molecule has 0 spiro atoms. The molecule has 1 aromatic rings. The van der Waals surface area contributed by atoms with Crippen molar-refractivity contribution in [2.45, 2.75) is 19.3 Å². The predicted molar refractivity (Wildman–Crippen MR) is 59.1 cm³/mol. The maximum Gasteiger partial charge on any atom is 0.336 e. The van der Waals surface area contributed by atoms with Crippen LogP contribution in [0.25, 0.3) is 0 Å². The second-order valence-corrected chi connectivity index (χ2v) is 4.36. The molecule has 16 heavy (non-hydrogen) atoms. The first kappa shape index (κ1) is 12.5. The molecule has 0 fully saturated rings. The van der Waals surface area contributed by atoms with E-state index in [1.54, 1.807) is 0 Å². The van der Waals surface area contributed by atoms with Gasteiger partial charge in [-0.25, -0.2) is 4.79 Å². The van der Waals surface area contributed by atoms with Gasteiger partial charge in [-0.3, -0.25) is 4.79 Å². The monoisotopic (exact) mass is 242 g/mol. The van der Waals surface area contributed by atoms with Gasteiger partial charge in [0.2, 0.25) is 0 Å². The lowest BCUT2D eigenvalue weighted by atomic mass is 9.82. The van der Waals surface area contributed by atoms with Crippen molar-refractivity contribution >= 4 is 23.5 Å². The maximum absolute atomic E-state index is 11.1. The Morgan fingerprint density at radius 2 is 1.81 bits per heavy atom. The number of carbonyl (C=O) groups is 2. The second-order valence-electron chi connectivity index (χ2n) is 3.93. The molecule has 0 aliphatic heterocycles. The minimum atomic E-state index is -1.27. The smallest absolute Gasteiger partial charge is 0.336 e. The number of carboxylic acids is 2. The molecule has 0 heterocycles. The molecule has 0 amide bonds. The average Bonchev–Trinajstić information content (AvgIpc) is 2.16. The summed E-state index contributed by atoms with van der Waals surface area (Å²) in [4.78, 5) is 22.0. The molecule has 0 saturated carbocycles. The average molecular weight is 243 g/mol. The number of hydrogen-bond acceptors (Lipinski definition) is 2. The van der Waals surface area contributed by atoms with Crippen molar-refractivity contribution in [1.29, 1.82) is 0 Å². The van der Waals surface area contributed by atoms with E-state index in [0.717, 1.165) is 0 Å². The molecule has 86 valence electrons. The van der Waals surface area contributed by atoms with Crippen LogP contribution in [0.4, 0.5) is 0 Å². The molecule has 1 aromatic carbocycles. The Kier molecular flexibility index (Phi) is 3.24. The van der Waals surface area contributed by atoms with E-state index in [1.165, 1.54) is 32.0 Å². The Hall–Kier alpha value is -1.55. The van der Waals surface area contributed by atoms with Crippen molar-refractivity contribution in [1.82, 2.24) is 0 Å².